The highest BCUT2D eigenvalue weighted by Gasteiger charge is 2.01. The molecule has 4 nitrogen and oxygen atoms in total. The Labute approximate surface area is 132 Å². The van der Waals surface area contributed by atoms with Crippen LogP contribution in [0.3, 0.4) is 0 Å². The van der Waals surface area contributed by atoms with E-state index in [-0.39, 0.29) is 0 Å². The molecule has 0 bridgehead atoms. The van der Waals surface area contributed by atoms with Gasteiger partial charge in [0.1, 0.15) is 5.75 Å². The van der Waals surface area contributed by atoms with Crippen LogP contribution in [0.1, 0.15) is 18.1 Å². The zero-order chi connectivity index (χ0) is 15.8. The molecule has 0 heterocycles. The summed E-state index contributed by atoms with van der Waals surface area (Å²) in [6, 6.07) is 16.1. The number of anilines is 1. The van der Waals surface area contributed by atoms with Crippen LogP contribution in [0.2, 0.25) is 0 Å². The smallest absolute Gasteiger partial charge is 0.193 e. The van der Waals surface area contributed by atoms with Crippen molar-refractivity contribution in [1.29, 1.82) is 0 Å². The number of aryl methyl sites for hydroxylation is 1. The second kappa shape index (κ2) is 8.08. The first-order chi connectivity index (χ1) is 10.7. The van der Waals surface area contributed by atoms with Gasteiger partial charge in [-0.25, -0.2) is 0 Å². The molecule has 0 amide bonds. The summed E-state index contributed by atoms with van der Waals surface area (Å²) in [4.78, 5) is 4.37. The summed E-state index contributed by atoms with van der Waals surface area (Å²) in [7, 11) is 1.68. The van der Waals surface area contributed by atoms with Crippen LogP contribution < -0.4 is 15.8 Å². The number of nitrogens with two attached hydrogens (primary N) is 1. The van der Waals surface area contributed by atoms with Gasteiger partial charge in [0.25, 0.3) is 0 Å². The lowest BCUT2D eigenvalue weighted by Crippen LogP contribution is -2.23. The molecule has 0 saturated heterocycles. The van der Waals surface area contributed by atoms with E-state index in [1.807, 2.05) is 36.4 Å². The molecule has 0 aromatic heterocycles. The van der Waals surface area contributed by atoms with Crippen molar-refractivity contribution >= 4 is 11.6 Å². The highest BCUT2D eigenvalue weighted by molar-refractivity contribution is 5.92. The molecule has 0 saturated carbocycles. The fraction of sp³-hybridized carbons (Fsp3) is 0.278. The number of rotatable bonds is 6. The molecule has 0 aliphatic rings. The topological polar surface area (TPSA) is 59.6 Å². The first-order valence-electron chi connectivity index (χ1n) is 7.50. The van der Waals surface area contributed by atoms with Crippen LogP contribution in [0.25, 0.3) is 0 Å². The van der Waals surface area contributed by atoms with E-state index in [0.717, 1.165) is 29.8 Å². The third kappa shape index (κ3) is 4.52. The molecule has 0 fully saturated rings. The summed E-state index contributed by atoms with van der Waals surface area (Å²) in [5.74, 6) is 1.32. The van der Waals surface area contributed by atoms with E-state index in [4.69, 9.17) is 10.5 Å². The Balaban J connectivity index is 1.92. The fourth-order valence-electron chi connectivity index (χ4n) is 2.26. The van der Waals surface area contributed by atoms with Crippen molar-refractivity contribution in [2.24, 2.45) is 10.7 Å². The maximum absolute atomic E-state index is 5.94. The minimum atomic E-state index is 0.433. The van der Waals surface area contributed by atoms with Gasteiger partial charge in [0.15, 0.2) is 5.96 Å². The van der Waals surface area contributed by atoms with E-state index in [1.54, 1.807) is 7.11 Å². The number of ether oxygens (including phenoxy) is 1. The molecule has 0 aliphatic heterocycles. The van der Waals surface area contributed by atoms with Gasteiger partial charge < -0.3 is 15.8 Å². The molecule has 0 atom stereocenters. The highest BCUT2D eigenvalue weighted by Crippen LogP contribution is 2.17. The first kappa shape index (κ1) is 15.9. The molecule has 0 radical (unpaired) electrons. The Morgan fingerprint density at radius 3 is 2.77 bits per heavy atom. The van der Waals surface area contributed by atoms with Gasteiger partial charge in [0.2, 0.25) is 0 Å². The number of nitrogens with zero attached hydrogens (tertiary/aromatic N) is 1. The van der Waals surface area contributed by atoms with Crippen molar-refractivity contribution in [3.05, 3.63) is 59.7 Å². The number of aliphatic imine (C=N–C) groups is 1. The van der Waals surface area contributed by atoms with E-state index < -0.39 is 0 Å². The van der Waals surface area contributed by atoms with E-state index in [2.05, 4.69) is 29.4 Å². The molecule has 0 aliphatic carbocycles. The minimum absolute atomic E-state index is 0.433. The standard InChI is InChI=1S/C18H23N3O/c1-3-14-7-6-9-16(13-14)21-18(19)20-12-11-15-8-4-5-10-17(15)22-2/h4-10,13H,3,11-12H2,1-2H3,(H3,19,20,21). The van der Waals surface area contributed by atoms with Gasteiger partial charge in [0.05, 0.1) is 7.11 Å². The summed E-state index contributed by atoms with van der Waals surface area (Å²) in [5.41, 5.74) is 9.31. The van der Waals surface area contributed by atoms with Crippen LogP contribution in [-0.4, -0.2) is 19.6 Å². The predicted molar refractivity (Wildman–Crippen MR) is 92.6 cm³/mol. The van der Waals surface area contributed by atoms with Crippen molar-refractivity contribution in [3.8, 4) is 5.75 Å². The molecule has 0 unspecified atom stereocenters. The number of hydrogen-bond donors (Lipinski definition) is 2. The lowest BCUT2D eigenvalue weighted by atomic mass is 10.1. The monoisotopic (exact) mass is 297 g/mol. The highest BCUT2D eigenvalue weighted by atomic mass is 16.5. The number of para-hydroxylation sites is 1. The van der Waals surface area contributed by atoms with Crippen LogP contribution in [-0.2, 0) is 12.8 Å². The number of methoxy groups -OCH3 is 1. The number of hydrogen-bond acceptors (Lipinski definition) is 2. The summed E-state index contributed by atoms with van der Waals surface area (Å²) in [6.07, 6.45) is 1.79. The lowest BCUT2D eigenvalue weighted by Gasteiger charge is -2.08. The lowest BCUT2D eigenvalue weighted by molar-refractivity contribution is 0.410. The van der Waals surface area contributed by atoms with Gasteiger partial charge in [0, 0.05) is 12.2 Å². The summed E-state index contributed by atoms with van der Waals surface area (Å²) >= 11 is 0. The second-order valence-corrected chi connectivity index (χ2v) is 5.01. The van der Waals surface area contributed by atoms with E-state index in [1.165, 1.54) is 5.56 Å². The summed E-state index contributed by atoms with van der Waals surface area (Å²) in [6.45, 7) is 2.75. The molecular formula is C18H23N3O. The van der Waals surface area contributed by atoms with Crippen molar-refractivity contribution in [2.45, 2.75) is 19.8 Å². The predicted octanol–water partition coefficient (Wildman–Crippen LogP) is 3.23. The normalized spacial score (nSPS) is 11.3. The zero-order valence-electron chi connectivity index (χ0n) is 13.2. The van der Waals surface area contributed by atoms with Crippen LogP contribution in [0, 0.1) is 0 Å². The summed E-state index contributed by atoms with van der Waals surface area (Å²) < 4.78 is 5.33. The fourth-order valence-corrected chi connectivity index (χ4v) is 2.26. The van der Waals surface area contributed by atoms with E-state index in [9.17, 15) is 0 Å². The van der Waals surface area contributed by atoms with Gasteiger partial charge in [-0.05, 0) is 42.2 Å². The van der Waals surface area contributed by atoms with Crippen molar-refractivity contribution in [2.75, 3.05) is 19.0 Å². The van der Waals surface area contributed by atoms with Crippen LogP contribution >= 0.6 is 0 Å². The van der Waals surface area contributed by atoms with Crippen molar-refractivity contribution < 1.29 is 4.74 Å². The Morgan fingerprint density at radius 2 is 2.00 bits per heavy atom. The van der Waals surface area contributed by atoms with Gasteiger partial charge in [-0.15, -0.1) is 0 Å². The Morgan fingerprint density at radius 1 is 1.18 bits per heavy atom. The van der Waals surface area contributed by atoms with Crippen molar-refractivity contribution in [1.82, 2.24) is 0 Å². The average molecular weight is 297 g/mol. The van der Waals surface area contributed by atoms with Gasteiger partial charge in [-0.2, -0.15) is 0 Å². The van der Waals surface area contributed by atoms with Gasteiger partial charge in [-0.1, -0.05) is 37.3 Å². The first-order valence-corrected chi connectivity index (χ1v) is 7.50. The number of nitrogens with one attached hydrogen (secondary N) is 1. The Bertz CT molecular complexity index is 638. The molecular weight excluding hydrogens is 274 g/mol. The van der Waals surface area contributed by atoms with Gasteiger partial charge >= 0.3 is 0 Å². The molecule has 4 heteroatoms. The van der Waals surface area contributed by atoms with E-state index >= 15 is 0 Å². The number of guanidine groups is 1. The molecule has 22 heavy (non-hydrogen) atoms. The third-order valence-electron chi connectivity index (χ3n) is 3.46. The molecule has 3 N–H and O–H groups in total. The maximum atomic E-state index is 5.94. The average Bonchev–Trinajstić information content (AvgIpc) is 2.55. The minimum Gasteiger partial charge on any atom is -0.496 e. The zero-order valence-corrected chi connectivity index (χ0v) is 13.2. The molecule has 116 valence electrons. The quantitative estimate of drug-likeness (QED) is 0.635. The summed E-state index contributed by atoms with van der Waals surface area (Å²) in [5, 5.41) is 3.13. The Hall–Kier alpha value is -2.49. The van der Waals surface area contributed by atoms with Crippen LogP contribution in [0.5, 0.6) is 5.75 Å². The van der Waals surface area contributed by atoms with E-state index in [0.29, 0.717) is 12.5 Å². The third-order valence-corrected chi connectivity index (χ3v) is 3.46. The Kier molecular flexibility index (Phi) is 5.83. The second-order valence-electron chi connectivity index (χ2n) is 5.01. The molecule has 2 aromatic rings. The van der Waals surface area contributed by atoms with Crippen LogP contribution in [0.15, 0.2) is 53.5 Å². The molecule has 0 spiro atoms. The molecule has 2 rings (SSSR count). The molecule has 2 aromatic carbocycles. The SMILES string of the molecule is CCc1cccc(NC(N)=NCCc2ccccc2OC)c1. The van der Waals surface area contributed by atoms with Crippen LogP contribution in [0.4, 0.5) is 5.69 Å². The van der Waals surface area contributed by atoms with Crippen molar-refractivity contribution in [3.63, 3.8) is 0 Å². The maximum Gasteiger partial charge on any atom is 0.193 e. The van der Waals surface area contributed by atoms with Gasteiger partial charge in [-0.3, -0.25) is 4.99 Å². The largest absolute Gasteiger partial charge is 0.496 e. The number of benzene rings is 2.